The van der Waals surface area contributed by atoms with Crippen molar-refractivity contribution in [1.82, 2.24) is 29.7 Å². The Bertz CT molecular complexity index is 3360. The molecule has 13 nitrogen and oxygen atoms in total. The van der Waals surface area contributed by atoms with Gasteiger partial charge in [-0.15, -0.1) is 0 Å². The summed E-state index contributed by atoms with van der Waals surface area (Å²) in [6.07, 6.45) is 0.119. The maximum atomic E-state index is 12.9. The number of ether oxygens (including phenoxy) is 2. The summed E-state index contributed by atoms with van der Waals surface area (Å²) in [5, 5.41) is 31.4. The minimum atomic E-state index is -0.396. The van der Waals surface area contributed by atoms with Gasteiger partial charge >= 0.3 is 0 Å². The lowest BCUT2D eigenvalue weighted by atomic mass is 9.86. The number of carbonyl (C=O) groups is 2. The summed E-state index contributed by atoms with van der Waals surface area (Å²) in [5.41, 5.74) is 15.5. The Morgan fingerprint density at radius 3 is 1.11 bits per heavy atom. The van der Waals surface area contributed by atoms with Gasteiger partial charge in [0, 0.05) is 49.9 Å². The van der Waals surface area contributed by atoms with Crippen LogP contribution in [0.5, 0.6) is 11.5 Å². The second kappa shape index (κ2) is 25.6. The monoisotopic (exact) mass is 1050 g/mol. The quantitative estimate of drug-likeness (QED) is 0.0712. The van der Waals surface area contributed by atoms with Crippen LogP contribution >= 0.6 is 0 Å². The predicted octanol–water partition coefficient (Wildman–Crippen LogP) is 13.0. The van der Waals surface area contributed by atoms with Crippen LogP contribution in [0.15, 0.2) is 218 Å². The second-order valence-electron chi connectivity index (χ2n) is 19.1. The zero-order valence-corrected chi connectivity index (χ0v) is 45.1. The summed E-state index contributed by atoms with van der Waals surface area (Å²) in [6, 6.07) is 72.5. The van der Waals surface area contributed by atoms with Crippen LogP contribution in [0.1, 0.15) is 58.3 Å². The van der Waals surface area contributed by atoms with Gasteiger partial charge in [0.15, 0.2) is 0 Å². The molecule has 2 heterocycles. The van der Waals surface area contributed by atoms with Crippen molar-refractivity contribution in [3.63, 3.8) is 0 Å². The molecule has 2 amide bonds. The van der Waals surface area contributed by atoms with Crippen LogP contribution in [0.3, 0.4) is 0 Å². The first-order chi connectivity index (χ1) is 37.9. The average molecular weight is 1050 g/mol. The zero-order valence-electron chi connectivity index (χ0n) is 45.1. The Morgan fingerprint density at radius 2 is 0.785 bits per heavy atom. The summed E-state index contributed by atoms with van der Waals surface area (Å²) >= 11 is 0. The van der Waals surface area contributed by atoms with E-state index in [1.54, 1.807) is 14.2 Å². The molecular weight excluding hydrogens is 989 g/mol. The van der Waals surface area contributed by atoms with E-state index in [-0.39, 0.29) is 18.3 Å². The first-order valence-electron chi connectivity index (χ1n) is 25.7. The molecule has 8 aromatic carbocycles. The first-order valence-corrected chi connectivity index (χ1v) is 25.7. The number of benzene rings is 8. The Balaban J connectivity index is 0.000000205. The van der Waals surface area contributed by atoms with Crippen LogP contribution in [-0.2, 0) is 9.59 Å². The molecule has 10 rings (SSSR count). The van der Waals surface area contributed by atoms with E-state index < -0.39 is 23.7 Å². The lowest BCUT2D eigenvalue weighted by molar-refractivity contribution is -0.159. The predicted molar refractivity (Wildman–Crippen MR) is 310 cm³/mol. The molecule has 10 aromatic rings. The molecular formula is C66H64N6O7. The topological polar surface area (TPSA) is 167 Å². The van der Waals surface area contributed by atoms with Gasteiger partial charge in [0.2, 0.25) is 11.8 Å². The molecule has 400 valence electrons. The number of carbonyl (C=O) groups excluding carboxylic acids is 2. The third-order valence-corrected chi connectivity index (χ3v) is 13.8. The number of nitrogens with zero attached hydrogens (tertiary/aromatic N) is 6. The fourth-order valence-corrected chi connectivity index (χ4v) is 9.56. The zero-order chi connectivity index (χ0) is 54.7. The van der Waals surface area contributed by atoms with E-state index in [1.165, 1.54) is 25.2 Å². The summed E-state index contributed by atoms with van der Waals surface area (Å²) < 4.78 is 14.5. The minimum Gasteiger partial charge on any atom is -0.497 e. The molecule has 0 radical (unpaired) electrons. The Labute approximate surface area is 461 Å². The Hall–Kier alpha value is -9.40. The van der Waals surface area contributed by atoms with Gasteiger partial charge in [0.1, 0.15) is 11.5 Å². The van der Waals surface area contributed by atoms with Gasteiger partial charge < -0.3 is 14.9 Å². The van der Waals surface area contributed by atoms with E-state index in [2.05, 4.69) is 98.8 Å². The van der Waals surface area contributed by atoms with Gasteiger partial charge in [-0.2, -0.15) is 10.2 Å². The molecule has 0 aliphatic rings. The van der Waals surface area contributed by atoms with E-state index in [0.717, 1.165) is 90.2 Å². The van der Waals surface area contributed by atoms with Crippen molar-refractivity contribution in [3.8, 4) is 67.6 Å². The van der Waals surface area contributed by atoms with E-state index in [0.29, 0.717) is 10.1 Å². The SMILES string of the molecule is COc1ccc(-n2nc(C(CC(=O)N(C)O)c3ccccc3-c3ccccc3)cc2-c2ccc(C)cc2)cc1.COc1ccc(-n2nc(C(CC(=O)N(C)O)c3ccccc3-c3ccccc3)cc2-c2ccc(C)cc2)cc1.O. The van der Waals surface area contributed by atoms with Crippen LogP contribution in [0, 0.1) is 13.8 Å². The minimum absolute atomic E-state index is 0. The van der Waals surface area contributed by atoms with Crippen molar-refractivity contribution >= 4 is 11.8 Å². The molecule has 0 aliphatic carbocycles. The van der Waals surface area contributed by atoms with Crippen LogP contribution in [0.25, 0.3) is 56.1 Å². The summed E-state index contributed by atoms with van der Waals surface area (Å²) in [5.74, 6) is -0.0552. The number of amides is 2. The van der Waals surface area contributed by atoms with E-state index in [4.69, 9.17) is 19.7 Å². The normalized spacial score (nSPS) is 11.5. The lowest BCUT2D eigenvalue weighted by Gasteiger charge is -2.20. The van der Waals surface area contributed by atoms with E-state index in [9.17, 15) is 20.0 Å². The van der Waals surface area contributed by atoms with Crippen molar-refractivity contribution < 1.29 is 35.0 Å². The second-order valence-corrected chi connectivity index (χ2v) is 19.1. The highest BCUT2D eigenvalue weighted by molar-refractivity contribution is 5.80. The summed E-state index contributed by atoms with van der Waals surface area (Å²) in [4.78, 5) is 25.8. The van der Waals surface area contributed by atoms with Gasteiger partial charge in [-0.25, -0.2) is 19.5 Å². The Kier molecular flexibility index (Phi) is 18.1. The molecule has 0 fully saturated rings. The number of aryl methyl sites for hydroxylation is 2. The molecule has 0 saturated carbocycles. The molecule has 0 bridgehead atoms. The van der Waals surface area contributed by atoms with Gasteiger partial charge in [0.05, 0.1) is 48.4 Å². The van der Waals surface area contributed by atoms with Crippen LogP contribution in [-0.4, -0.2) is 85.7 Å². The van der Waals surface area contributed by atoms with Gasteiger partial charge in [0.25, 0.3) is 0 Å². The smallest absolute Gasteiger partial charge is 0.246 e. The first kappa shape index (κ1) is 55.8. The maximum absolute atomic E-state index is 12.9. The van der Waals surface area contributed by atoms with Crippen molar-refractivity contribution in [2.75, 3.05) is 28.3 Å². The van der Waals surface area contributed by atoms with Gasteiger partial charge in [-0.3, -0.25) is 20.0 Å². The molecule has 0 saturated heterocycles. The summed E-state index contributed by atoms with van der Waals surface area (Å²) in [7, 11) is 6.00. The third-order valence-electron chi connectivity index (χ3n) is 13.8. The van der Waals surface area contributed by atoms with Crippen LogP contribution in [0.2, 0.25) is 0 Å². The standard InChI is InChI=1S/2C33H31N3O3.H2O/c2*1-23-13-15-25(16-14-23)32-22-31(34-36(32)26-17-19-27(39-3)20-18-26)30(21-33(37)35(2)38)29-12-8-7-11-28(29)24-9-5-4-6-10-24;/h2*4-20,22,30,38H,21H2,1-3H3;1H2. The molecule has 2 unspecified atom stereocenters. The number of methoxy groups -OCH3 is 2. The maximum Gasteiger partial charge on any atom is 0.246 e. The molecule has 2 atom stereocenters. The van der Waals surface area contributed by atoms with Crippen molar-refractivity contribution in [2.24, 2.45) is 0 Å². The van der Waals surface area contributed by atoms with Crippen molar-refractivity contribution in [2.45, 2.75) is 38.5 Å². The van der Waals surface area contributed by atoms with Crippen molar-refractivity contribution in [3.05, 3.63) is 252 Å². The molecule has 13 heteroatoms. The molecule has 0 aliphatic heterocycles. The van der Waals surface area contributed by atoms with E-state index in [1.807, 2.05) is 143 Å². The van der Waals surface area contributed by atoms with Gasteiger partial charge in [-0.1, -0.05) is 169 Å². The molecule has 4 N–H and O–H groups in total. The van der Waals surface area contributed by atoms with Gasteiger partial charge in [-0.05, 0) is 108 Å². The molecule has 2 aromatic heterocycles. The molecule has 79 heavy (non-hydrogen) atoms. The number of hydrogen-bond acceptors (Lipinski definition) is 8. The fourth-order valence-electron chi connectivity index (χ4n) is 9.56. The lowest BCUT2D eigenvalue weighted by Crippen LogP contribution is -2.25. The highest BCUT2D eigenvalue weighted by Gasteiger charge is 2.29. The van der Waals surface area contributed by atoms with Crippen LogP contribution in [0.4, 0.5) is 0 Å². The van der Waals surface area contributed by atoms with E-state index >= 15 is 0 Å². The number of hydroxylamine groups is 4. The average Bonchev–Trinajstić information content (AvgIpc) is 4.13. The molecule has 0 spiro atoms. The number of rotatable bonds is 16. The Morgan fingerprint density at radius 1 is 0.456 bits per heavy atom. The summed E-state index contributed by atoms with van der Waals surface area (Å²) in [6.45, 7) is 4.12. The van der Waals surface area contributed by atoms with Crippen LogP contribution < -0.4 is 9.47 Å². The largest absolute Gasteiger partial charge is 0.497 e. The third kappa shape index (κ3) is 13.1. The van der Waals surface area contributed by atoms with Crippen molar-refractivity contribution in [1.29, 1.82) is 0 Å². The highest BCUT2D eigenvalue weighted by atomic mass is 16.5. The number of aromatic nitrogens is 4. The highest BCUT2D eigenvalue weighted by Crippen LogP contribution is 2.40. The number of hydrogen-bond donors (Lipinski definition) is 2. The fraction of sp³-hybridized carbons (Fsp3) is 0.152.